The number of imidazole rings is 1. The van der Waals surface area contributed by atoms with E-state index in [0.717, 1.165) is 11.3 Å². The first-order chi connectivity index (χ1) is 11.9. The Hall–Kier alpha value is -2.32. The lowest BCUT2D eigenvalue weighted by atomic mass is 10.1. The average molecular weight is 379 g/mol. The van der Waals surface area contributed by atoms with Crippen LogP contribution in [0, 0.1) is 0 Å². The minimum atomic E-state index is -2.90. The number of aromatic hydroxyl groups is 1. The maximum atomic E-state index is 11.5. The van der Waals surface area contributed by atoms with Gasteiger partial charge in [0, 0.05) is 24.3 Å². The molecule has 2 N–H and O–H groups in total. The smallest absolute Gasteiger partial charge is 0.293 e. The molecule has 9 heteroatoms. The van der Waals surface area contributed by atoms with Gasteiger partial charge in [-0.3, -0.25) is 0 Å². The highest BCUT2D eigenvalue weighted by Crippen LogP contribution is 2.30. The zero-order valence-electron chi connectivity index (χ0n) is 13.1. The summed E-state index contributed by atoms with van der Waals surface area (Å²) in [4.78, 5) is 13.0. The number of aromatic amines is 1. The molecule has 1 aliphatic rings. The Kier molecular flexibility index (Phi) is 3.81. The summed E-state index contributed by atoms with van der Waals surface area (Å²) in [6.45, 7) is 0.998. The van der Waals surface area contributed by atoms with Gasteiger partial charge in [-0.05, 0) is 18.2 Å². The summed E-state index contributed by atoms with van der Waals surface area (Å²) in [5.41, 5.74) is 3.32. The molecule has 1 saturated heterocycles. The van der Waals surface area contributed by atoms with Crippen molar-refractivity contribution in [3.8, 4) is 17.3 Å². The molecular weight excluding hydrogens is 364 g/mol. The van der Waals surface area contributed by atoms with Gasteiger partial charge in [0.1, 0.15) is 0 Å². The van der Waals surface area contributed by atoms with Gasteiger partial charge in [0.2, 0.25) is 0 Å². The van der Waals surface area contributed by atoms with E-state index in [1.807, 2.05) is 24.3 Å². The van der Waals surface area contributed by atoms with Gasteiger partial charge < -0.3 is 15.0 Å². The Balaban J connectivity index is 1.63. The van der Waals surface area contributed by atoms with Crippen LogP contribution in [0.15, 0.2) is 30.3 Å². The normalized spacial score (nSPS) is 17.1. The second-order valence-corrected chi connectivity index (χ2v) is 8.65. The van der Waals surface area contributed by atoms with Gasteiger partial charge in [0.25, 0.3) is 6.01 Å². The standard InChI is InChI=1S/C16H15ClN4O3S/c17-12-9-13-15(20-16(22)18-13)19-14(12)10-1-3-11(4-2-10)21-5-7-25(23,24)8-6-21/h1-4,9H,5-8H2,(H2,18,19,20,22). The van der Waals surface area contributed by atoms with Crippen LogP contribution in [0.4, 0.5) is 5.69 Å². The molecule has 2 aromatic heterocycles. The maximum absolute atomic E-state index is 11.5. The lowest BCUT2D eigenvalue weighted by molar-refractivity contribution is 0.438. The van der Waals surface area contributed by atoms with Gasteiger partial charge in [-0.15, -0.1) is 0 Å². The zero-order chi connectivity index (χ0) is 17.6. The monoisotopic (exact) mass is 378 g/mol. The Morgan fingerprint density at radius 1 is 1.12 bits per heavy atom. The van der Waals surface area contributed by atoms with E-state index in [2.05, 4.69) is 19.9 Å². The molecule has 0 bridgehead atoms. The Labute approximate surface area is 149 Å². The van der Waals surface area contributed by atoms with Crippen LogP contribution in [0.25, 0.3) is 22.4 Å². The number of aromatic nitrogens is 3. The van der Waals surface area contributed by atoms with Crippen molar-refractivity contribution in [2.45, 2.75) is 0 Å². The minimum Gasteiger partial charge on any atom is -0.480 e. The summed E-state index contributed by atoms with van der Waals surface area (Å²) in [5, 5.41) is 9.88. The molecule has 0 atom stereocenters. The number of fused-ring (bicyclic) bond motifs is 1. The van der Waals surface area contributed by atoms with Crippen molar-refractivity contribution < 1.29 is 13.5 Å². The van der Waals surface area contributed by atoms with E-state index in [9.17, 15) is 13.5 Å². The van der Waals surface area contributed by atoms with Gasteiger partial charge in [0.05, 0.1) is 27.7 Å². The predicted molar refractivity (Wildman–Crippen MR) is 96.9 cm³/mol. The van der Waals surface area contributed by atoms with Crippen molar-refractivity contribution in [2.75, 3.05) is 29.5 Å². The van der Waals surface area contributed by atoms with Crippen molar-refractivity contribution in [3.05, 3.63) is 35.4 Å². The number of benzene rings is 1. The number of hydrogen-bond acceptors (Lipinski definition) is 6. The lowest BCUT2D eigenvalue weighted by Crippen LogP contribution is -2.40. The molecule has 130 valence electrons. The first-order valence-corrected chi connectivity index (χ1v) is 9.92. The molecular formula is C16H15ClN4O3S. The van der Waals surface area contributed by atoms with Crippen LogP contribution < -0.4 is 4.90 Å². The van der Waals surface area contributed by atoms with Crippen LogP contribution in [0.5, 0.6) is 6.01 Å². The molecule has 0 aliphatic carbocycles. The van der Waals surface area contributed by atoms with E-state index >= 15 is 0 Å². The number of pyridine rings is 1. The number of halogens is 1. The van der Waals surface area contributed by atoms with Crippen molar-refractivity contribution in [1.29, 1.82) is 0 Å². The van der Waals surface area contributed by atoms with Gasteiger partial charge in [-0.2, -0.15) is 4.98 Å². The summed E-state index contributed by atoms with van der Waals surface area (Å²) in [6.07, 6.45) is 0. The molecule has 0 saturated carbocycles. The maximum Gasteiger partial charge on any atom is 0.293 e. The van der Waals surface area contributed by atoms with Crippen LogP contribution >= 0.6 is 11.6 Å². The van der Waals surface area contributed by atoms with E-state index in [0.29, 0.717) is 35.0 Å². The number of rotatable bonds is 2. The summed E-state index contributed by atoms with van der Waals surface area (Å²) < 4.78 is 23.1. The van der Waals surface area contributed by atoms with Gasteiger partial charge in [-0.25, -0.2) is 13.4 Å². The first-order valence-electron chi connectivity index (χ1n) is 7.72. The van der Waals surface area contributed by atoms with Gasteiger partial charge in [-0.1, -0.05) is 23.7 Å². The summed E-state index contributed by atoms with van der Waals surface area (Å²) in [5.74, 6) is 0.364. The third kappa shape index (κ3) is 3.14. The molecule has 0 amide bonds. The quantitative estimate of drug-likeness (QED) is 0.709. The molecule has 0 radical (unpaired) electrons. The highest BCUT2D eigenvalue weighted by atomic mass is 35.5. The molecule has 3 aromatic rings. The van der Waals surface area contributed by atoms with Crippen LogP contribution in [0.3, 0.4) is 0 Å². The van der Waals surface area contributed by atoms with E-state index in [4.69, 9.17) is 11.6 Å². The number of H-pyrrole nitrogens is 1. The third-order valence-corrected chi connectivity index (χ3v) is 6.16. The number of nitrogens with one attached hydrogen (secondary N) is 1. The predicted octanol–water partition coefficient (Wildman–Crippen LogP) is 2.22. The van der Waals surface area contributed by atoms with Crippen LogP contribution in [-0.4, -0.2) is 53.1 Å². The molecule has 1 fully saturated rings. The molecule has 1 aromatic carbocycles. The second-order valence-electron chi connectivity index (χ2n) is 5.94. The number of sulfone groups is 1. The van der Waals surface area contributed by atoms with E-state index in [1.54, 1.807) is 6.07 Å². The molecule has 7 nitrogen and oxygen atoms in total. The SMILES string of the molecule is O=S1(=O)CCN(c2ccc(-c3nc4nc(O)[nH]c4cc3Cl)cc2)CC1. The third-order valence-electron chi connectivity index (χ3n) is 4.26. The van der Waals surface area contributed by atoms with Crippen LogP contribution in [0.1, 0.15) is 0 Å². The Morgan fingerprint density at radius 2 is 1.80 bits per heavy atom. The Morgan fingerprint density at radius 3 is 2.48 bits per heavy atom. The molecule has 0 unspecified atom stereocenters. The van der Waals surface area contributed by atoms with E-state index < -0.39 is 9.84 Å². The fourth-order valence-corrected chi connectivity index (χ4v) is 4.37. The molecule has 25 heavy (non-hydrogen) atoms. The first kappa shape index (κ1) is 16.2. The molecule has 0 spiro atoms. The average Bonchev–Trinajstić information content (AvgIpc) is 2.93. The molecule has 4 rings (SSSR count). The van der Waals surface area contributed by atoms with Gasteiger partial charge >= 0.3 is 0 Å². The lowest BCUT2D eigenvalue weighted by Gasteiger charge is -2.28. The largest absolute Gasteiger partial charge is 0.480 e. The van der Waals surface area contributed by atoms with Crippen molar-refractivity contribution in [2.24, 2.45) is 0 Å². The van der Waals surface area contributed by atoms with Crippen molar-refractivity contribution >= 4 is 38.3 Å². The highest BCUT2D eigenvalue weighted by Gasteiger charge is 2.21. The fourth-order valence-electron chi connectivity index (χ4n) is 2.91. The van der Waals surface area contributed by atoms with Crippen molar-refractivity contribution in [1.82, 2.24) is 15.0 Å². The highest BCUT2D eigenvalue weighted by molar-refractivity contribution is 7.91. The summed E-state index contributed by atoms with van der Waals surface area (Å²) in [7, 11) is -2.90. The Bertz CT molecular complexity index is 1030. The molecule has 1 aliphatic heterocycles. The van der Waals surface area contributed by atoms with Crippen LogP contribution in [0.2, 0.25) is 5.02 Å². The second kappa shape index (κ2) is 5.89. The number of anilines is 1. The van der Waals surface area contributed by atoms with Crippen molar-refractivity contribution in [3.63, 3.8) is 0 Å². The topological polar surface area (TPSA) is 99.2 Å². The van der Waals surface area contributed by atoms with Gasteiger partial charge in [0.15, 0.2) is 15.5 Å². The summed E-state index contributed by atoms with van der Waals surface area (Å²) in [6, 6.07) is 9.12. The number of hydrogen-bond donors (Lipinski definition) is 2. The molecule has 3 heterocycles. The van der Waals surface area contributed by atoms with Crippen LogP contribution in [-0.2, 0) is 9.84 Å². The van der Waals surface area contributed by atoms with E-state index in [-0.39, 0.29) is 17.5 Å². The minimum absolute atomic E-state index is 0.182. The van der Waals surface area contributed by atoms with E-state index in [1.165, 1.54) is 0 Å². The zero-order valence-corrected chi connectivity index (χ0v) is 14.7. The summed E-state index contributed by atoms with van der Waals surface area (Å²) >= 11 is 6.30. The number of nitrogens with zero attached hydrogens (tertiary/aromatic N) is 3. The fraction of sp³-hybridized carbons (Fsp3) is 0.250.